The number of hydrogen-bond donors (Lipinski definition) is 0. The van der Waals surface area contributed by atoms with Gasteiger partial charge in [0.25, 0.3) is 0 Å². The Labute approximate surface area is 126 Å². The van der Waals surface area contributed by atoms with Gasteiger partial charge in [-0.15, -0.1) is 0 Å². The minimum absolute atomic E-state index is 0.697. The molecule has 3 nitrogen and oxygen atoms in total. The van der Waals surface area contributed by atoms with E-state index in [0.717, 1.165) is 35.7 Å². The van der Waals surface area contributed by atoms with Gasteiger partial charge in [-0.3, -0.25) is 0 Å². The molecule has 1 aliphatic rings. The molecule has 3 heteroatoms. The van der Waals surface area contributed by atoms with Crippen LogP contribution in [0.15, 0.2) is 30.3 Å². The molecule has 0 saturated carbocycles. The Morgan fingerprint density at radius 1 is 1.29 bits per heavy atom. The number of pyridine rings is 1. The van der Waals surface area contributed by atoms with Crippen molar-refractivity contribution in [1.82, 2.24) is 4.98 Å². The molecule has 0 N–H and O–H groups in total. The number of nitrogens with zero attached hydrogens (tertiary/aromatic N) is 3. The van der Waals surface area contributed by atoms with Crippen molar-refractivity contribution in [3.8, 4) is 6.07 Å². The topological polar surface area (TPSA) is 39.9 Å². The van der Waals surface area contributed by atoms with Gasteiger partial charge in [0.15, 0.2) is 0 Å². The zero-order valence-corrected chi connectivity index (χ0v) is 12.5. The van der Waals surface area contributed by atoms with E-state index in [1.54, 1.807) is 0 Å². The molecule has 2 heterocycles. The molecule has 0 aliphatic carbocycles. The van der Waals surface area contributed by atoms with Crippen molar-refractivity contribution in [1.29, 1.82) is 5.26 Å². The van der Waals surface area contributed by atoms with Crippen LogP contribution < -0.4 is 4.90 Å². The second-order valence-corrected chi connectivity index (χ2v) is 5.88. The molecule has 1 aliphatic heterocycles. The maximum Gasteiger partial charge on any atom is 0.147 e. The van der Waals surface area contributed by atoms with E-state index in [9.17, 15) is 5.26 Å². The van der Waals surface area contributed by atoms with E-state index in [0.29, 0.717) is 5.56 Å². The zero-order chi connectivity index (χ0) is 14.7. The molecule has 1 saturated heterocycles. The first-order chi connectivity index (χ1) is 10.3. The number of benzene rings is 1. The van der Waals surface area contributed by atoms with Crippen LogP contribution in [0.2, 0.25) is 0 Å². The molecule has 21 heavy (non-hydrogen) atoms. The van der Waals surface area contributed by atoms with Crippen molar-refractivity contribution in [3.63, 3.8) is 0 Å². The Morgan fingerprint density at radius 2 is 2.05 bits per heavy atom. The Hall–Kier alpha value is -2.08. The van der Waals surface area contributed by atoms with Crippen molar-refractivity contribution in [2.75, 3.05) is 18.0 Å². The summed E-state index contributed by atoms with van der Waals surface area (Å²) in [6.07, 6.45) is 5.02. The van der Waals surface area contributed by atoms with E-state index >= 15 is 0 Å². The molecule has 0 amide bonds. The molecule has 0 spiro atoms. The van der Waals surface area contributed by atoms with Crippen LogP contribution in [-0.2, 0) is 0 Å². The predicted octanol–water partition coefficient (Wildman–Crippen LogP) is 4.12. The molecule has 1 aromatic heterocycles. The van der Waals surface area contributed by atoms with Gasteiger partial charge in [0.1, 0.15) is 11.9 Å². The first kappa shape index (κ1) is 13.9. The summed E-state index contributed by atoms with van der Waals surface area (Å²) >= 11 is 0. The highest BCUT2D eigenvalue weighted by atomic mass is 15.2. The fourth-order valence-electron chi connectivity index (χ4n) is 3.27. The van der Waals surface area contributed by atoms with Gasteiger partial charge >= 0.3 is 0 Å². The summed E-state index contributed by atoms with van der Waals surface area (Å²) in [5.41, 5.74) is 1.67. The van der Waals surface area contributed by atoms with Gasteiger partial charge in [-0.1, -0.05) is 38.0 Å². The molecule has 3 rings (SSSR count). The van der Waals surface area contributed by atoms with Crippen LogP contribution in [0.25, 0.3) is 10.9 Å². The summed E-state index contributed by atoms with van der Waals surface area (Å²) in [5, 5.41) is 10.5. The summed E-state index contributed by atoms with van der Waals surface area (Å²) in [6.45, 7) is 4.29. The third-order valence-corrected chi connectivity index (χ3v) is 4.44. The molecule has 0 bridgehead atoms. The lowest BCUT2D eigenvalue weighted by molar-refractivity contribution is 0.377. The Morgan fingerprint density at radius 3 is 2.76 bits per heavy atom. The van der Waals surface area contributed by atoms with Gasteiger partial charge < -0.3 is 4.90 Å². The van der Waals surface area contributed by atoms with Gasteiger partial charge in [-0.05, 0) is 30.9 Å². The molecular weight excluding hydrogens is 258 g/mol. The second-order valence-electron chi connectivity index (χ2n) is 5.88. The number of piperidine rings is 1. The third kappa shape index (κ3) is 2.85. The normalized spacial score (nSPS) is 16.1. The highest BCUT2D eigenvalue weighted by molar-refractivity contribution is 5.83. The van der Waals surface area contributed by atoms with Crippen LogP contribution in [0.3, 0.4) is 0 Å². The van der Waals surface area contributed by atoms with E-state index in [-0.39, 0.29) is 0 Å². The highest BCUT2D eigenvalue weighted by Gasteiger charge is 2.21. The average molecular weight is 279 g/mol. The standard InChI is InChI=1S/C18H21N3/c1-2-5-14-8-10-21(11-9-14)18-16(13-19)12-15-6-3-4-7-17(15)20-18/h3-4,6-7,12,14H,2,5,8-11H2,1H3. The summed E-state index contributed by atoms with van der Waals surface area (Å²) in [6, 6.07) is 12.3. The minimum Gasteiger partial charge on any atom is -0.355 e. The second kappa shape index (κ2) is 6.13. The molecule has 0 unspecified atom stereocenters. The lowest BCUT2D eigenvalue weighted by Crippen LogP contribution is -2.34. The lowest BCUT2D eigenvalue weighted by Gasteiger charge is -2.33. The van der Waals surface area contributed by atoms with Crippen LogP contribution in [-0.4, -0.2) is 18.1 Å². The van der Waals surface area contributed by atoms with Crippen LogP contribution in [0.4, 0.5) is 5.82 Å². The fourth-order valence-corrected chi connectivity index (χ4v) is 3.27. The first-order valence-corrected chi connectivity index (χ1v) is 7.86. The third-order valence-electron chi connectivity index (χ3n) is 4.44. The molecule has 0 atom stereocenters. The van der Waals surface area contributed by atoms with Crippen molar-refractivity contribution < 1.29 is 0 Å². The molecule has 0 radical (unpaired) electrons. The van der Waals surface area contributed by atoms with Gasteiger partial charge in [-0.2, -0.15) is 5.26 Å². The Balaban J connectivity index is 1.88. The number of anilines is 1. The van der Waals surface area contributed by atoms with Crippen molar-refractivity contribution >= 4 is 16.7 Å². The largest absolute Gasteiger partial charge is 0.355 e. The van der Waals surface area contributed by atoms with Crippen LogP contribution in [0.1, 0.15) is 38.2 Å². The summed E-state index contributed by atoms with van der Waals surface area (Å²) in [4.78, 5) is 7.03. The first-order valence-electron chi connectivity index (χ1n) is 7.86. The van der Waals surface area contributed by atoms with E-state index in [1.807, 2.05) is 30.3 Å². The fraction of sp³-hybridized carbons (Fsp3) is 0.444. The van der Waals surface area contributed by atoms with E-state index in [4.69, 9.17) is 4.98 Å². The lowest BCUT2D eigenvalue weighted by atomic mass is 9.92. The highest BCUT2D eigenvalue weighted by Crippen LogP contribution is 2.28. The Kier molecular flexibility index (Phi) is 4.06. The summed E-state index contributed by atoms with van der Waals surface area (Å²) in [7, 11) is 0. The molecule has 108 valence electrons. The van der Waals surface area contributed by atoms with Gasteiger partial charge in [-0.25, -0.2) is 4.98 Å². The molecule has 1 aromatic carbocycles. The van der Waals surface area contributed by atoms with Gasteiger partial charge in [0.2, 0.25) is 0 Å². The number of fused-ring (bicyclic) bond motifs is 1. The zero-order valence-electron chi connectivity index (χ0n) is 12.5. The molecule has 2 aromatic rings. The maximum atomic E-state index is 9.43. The van der Waals surface area contributed by atoms with Crippen molar-refractivity contribution in [2.24, 2.45) is 5.92 Å². The van der Waals surface area contributed by atoms with Crippen LogP contribution in [0, 0.1) is 17.2 Å². The van der Waals surface area contributed by atoms with E-state index in [2.05, 4.69) is 17.9 Å². The van der Waals surface area contributed by atoms with Crippen LogP contribution >= 0.6 is 0 Å². The SMILES string of the molecule is CCCC1CCN(c2nc3ccccc3cc2C#N)CC1. The van der Waals surface area contributed by atoms with Gasteiger partial charge in [0.05, 0.1) is 11.1 Å². The van der Waals surface area contributed by atoms with Crippen molar-refractivity contribution in [2.45, 2.75) is 32.6 Å². The van der Waals surface area contributed by atoms with E-state index in [1.165, 1.54) is 25.7 Å². The number of rotatable bonds is 3. The number of nitriles is 1. The van der Waals surface area contributed by atoms with Crippen molar-refractivity contribution in [3.05, 3.63) is 35.9 Å². The minimum atomic E-state index is 0.697. The Bertz CT molecular complexity index is 664. The average Bonchev–Trinajstić information content (AvgIpc) is 2.54. The summed E-state index contributed by atoms with van der Waals surface area (Å²) in [5.74, 6) is 1.71. The number of hydrogen-bond acceptors (Lipinski definition) is 3. The van der Waals surface area contributed by atoms with E-state index < -0.39 is 0 Å². The quantitative estimate of drug-likeness (QED) is 0.848. The monoisotopic (exact) mass is 279 g/mol. The van der Waals surface area contributed by atoms with Crippen LogP contribution in [0.5, 0.6) is 0 Å². The molecular formula is C18H21N3. The number of para-hydroxylation sites is 1. The predicted molar refractivity (Wildman–Crippen MR) is 86.3 cm³/mol. The molecule has 1 fully saturated rings. The maximum absolute atomic E-state index is 9.43. The summed E-state index contributed by atoms with van der Waals surface area (Å²) < 4.78 is 0. The number of aromatic nitrogens is 1. The van der Waals surface area contributed by atoms with Gasteiger partial charge in [0, 0.05) is 18.5 Å². The smallest absolute Gasteiger partial charge is 0.147 e.